The van der Waals surface area contributed by atoms with Crippen LogP contribution in [-0.4, -0.2) is 35.8 Å². The highest BCUT2D eigenvalue weighted by atomic mass is 35.5. The molecule has 0 unspecified atom stereocenters. The van der Waals surface area contributed by atoms with E-state index in [1.807, 2.05) is 0 Å². The van der Waals surface area contributed by atoms with E-state index in [-0.39, 0.29) is 10.6 Å². The van der Waals surface area contributed by atoms with Gasteiger partial charge in [0, 0.05) is 18.3 Å². The molecule has 0 atom stereocenters. The van der Waals surface area contributed by atoms with Gasteiger partial charge in [-0.2, -0.15) is 5.10 Å². The number of carboxylic acid groups (broad SMARTS) is 1. The highest BCUT2D eigenvalue weighted by Crippen LogP contribution is 2.24. The average Bonchev–Trinajstić information content (AvgIpc) is 2.84. The third kappa shape index (κ3) is 3.34. The Morgan fingerprint density at radius 3 is 2.48 bits per heavy atom. The Morgan fingerprint density at radius 1 is 1.38 bits per heavy atom. The van der Waals surface area contributed by atoms with Gasteiger partial charge in [0.2, 0.25) is 0 Å². The Bertz CT molecular complexity index is 755. The molecule has 1 heterocycles. The number of benzene rings is 1. The first-order valence-corrected chi connectivity index (χ1v) is 7.61. The zero-order valence-electron chi connectivity index (χ0n) is 11.0. The Labute approximate surface area is 126 Å². The van der Waals surface area contributed by atoms with E-state index in [2.05, 4.69) is 5.10 Å². The van der Waals surface area contributed by atoms with E-state index >= 15 is 0 Å². The summed E-state index contributed by atoms with van der Waals surface area (Å²) in [5.74, 6) is -1.27. The number of rotatable bonds is 5. The van der Waals surface area contributed by atoms with Crippen LogP contribution in [0.5, 0.6) is 0 Å². The van der Waals surface area contributed by atoms with Crippen LogP contribution in [0.3, 0.4) is 0 Å². The summed E-state index contributed by atoms with van der Waals surface area (Å²) in [5.41, 5.74) is 0.214. The summed E-state index contributed by atoms with van der Waals surface area (Å²) >= 11 is 5.76. The molecule has 0 bridgehead atoms. The summed E-state index contributed by atoms with van der Waals surface area (Å²) < 4.78 is 27.2. The molecule has 0 saturated carbocycles. The lowest BCUT2D eigenvalue weighted by molar-refractivity contribution is -0.135. The molecule has 0 aliphatic rings. The molecular formula is C12H12ClN3O4S. The van der Waals surface area contributed by atoms with Gasteiger partial charge in [-0.05, 0) is 24.3 Å². The van der Waals surface area contributed by atoms with Gasteiger partial charge in [-0.15, -0.1) is 0 Å². The van der Waals surface area contributed by atoms with Crippen molar-refractivity contribution >= 4 is 33.3 Å². The fourth-order valence-corrected chi connectivity index (χ4v) is 3.23. The number of aromatic nitrogens is 2. The van der Waals surface area contributed by atoms with Gasteiger partial charge in [0.25, 0.3) is 10.0 Å². The van der Waals surface area contributed by atoms with E-state index in [0.29, 0.717) is 5.02 Å². The van der Waals surface area contributed by atoms with Crippen molar-refractivity contribution in [3.8, 4) is 0 Å². The van der Waals surface area contributed by atoms with Gasteiger partial charge in [0.05, 0.1) is 11.9 Å². The summed E-state index contributed by atoms with van der Waals surface area (Å²) in [4.78, 5) is 10.9. The quantitative estimate of drug-likeness (QED) is 0.894. The maximum Gasteiger partial charge on any atom is 0.324 e. The molecule has 0 spiro atoms. The molecular weight excluding hydrogens is 318 g/mol. The average molecular weight is 330 g/mol. The maximum absolute atomic E-state index is 12.5. The van der Waals surface area contributed by atoms with Crippen molar-refractivity contribution in [2.45, 2.75) is 4.90 Å². The Morgan fingerprint density at radius 2 is 2.00 bits per heavy atom. The number of anilines is 1. The zero-order chi connectivity index (χ0) is 15.6. The van der Waals surface area contributed by atoms with Gasteiger partial charge < -0.3 is 5.11 Å². The Balaban J connectivity index is 2.49. The van der Waals surface area contributed by atoms with Crippen molar-refractivity contribution in [1.29, 1.82) is 0 Å². The molecule has 9 heteroatoms. The Hall–Kier alpha value is -2.06. The van der Waals surface area contributed by atoms with Crippen molar-refractivity contribution in [2.24, 2.45) is 7.05 Å². The smallest absolute Gasteiger partial charge is 0.324 e. The minimum absolute atomic E-state index is 0.0822. The largest absolute Gasteiger partial charge is 0.480 e. The maximum atomic E-state index is 12.5. The zero-order valence-corrected chi connectivity index (χ0v) is 12.5. The first-order chi connectivity index (χ1) is 9.80. The van der Waals surface area contributed by atoms with Crippen LogP contribution in [0.1, 0.15) is 0 Å². The van der Waals surface area contributed by atoms with E-state index < -0.39 is 22.5 Å². The molecule has 112 valence electrons. The molecule has 1 N–H and O–H groups in total. The summed E-state index contributed by atoms with van der Waals surface area (Å²) in [5, 5.41) is 13.2. The molecule has 0 aliphatic carbocycles. The molecule has 21 heavy (non-hydrogen) atoms. The van der Waals surface area contributed by atoms with Gasteiger partial charge in [0.15, 0.2) is 0 Å². The number of aryl methyl sites for hydroxylation is 1. The molecule has 7 nitrogen and oxygen atoms in total. The molecule has 0 radical (unpaired) electrons. The predicted molar refractivity (Wildman–Crippen MR) is 76.8 cm³/mol. The molecule has 0 amide bonds. The number of hydrogen-bond donors (Lipinski definition) is 1. The number of hydrogen-bond acceptors (Lipinski definition) is 4. The lowest BCUT2D eigenvalue weighted by Gasteiger charge is -2.21. The Kier molecular flexibility index (Phi) is 4.19. The van der Waals surface area contributed by atoms with Crippen LogP contribution in [0, 0.1) is 0 Å². The van der Waals surface area contributed by atoms with Crippen molar-refractivity contribution in [3.63, 3.8) is 0 Å². The summed E-state index contributed by atoms with van der Waals surface area (Å²) in [6.07, 6.45) is 2.47. The highest BCUT2D eigenvalue weighted by molar-refractivity contribution is 7.92. The minimum Gasteiger partial charge on any atom is -0.480 e. The summed E-state index contributed by atoms with van der Waals surface area (Å²) in [6.45, 7) is -0.696. The minimum atomic E-state index is -4.02. The number of nitrogens with zero attached hydrogens (tertiary/aromatic N) is 3. The lowest BCUT2D eigenvalue weighted by atomic mass is 10.3. The second-order valence-electron chi connectivity index (χ2n) is 4.23. The fourth-order valence-electron chi connectivity index (χ4n) is 1.70. The van der Waals surface area contributed by atoms with E-state index in [9.17, 15) is 13.2 Å². The molecule has 1 aromatic carbocycles. The van der Waals surface area contributed by atoms with Gasteiger partial charge in [-0.1, -0.05) is 11.6 Å². The monoisotopic (exact) mass is 329 g/mol. The van der Waals surface area contributed by atoms with Gasteiger partial charge in [0.1, 0.15) is 11.4 Å². The SMILES string of the molecule is Cn1cc(S(=O)(=O)N(CC(=O)O)c2ccc(Cl)cc2)cn1. The van der Waals surface area contributed by atoms with Gasteiger partial charge >= 0.3 is 5.97 Å². The van der Waals surface area contributed by atoms with Crippen LogP contribution in [-0.2, 0) is 21.9 Å². The number of carboxylic acids is 1. The first-order valence-electron chi connectivity index (χ1n) is 5.79. The van der Waals surface area contributed by atoms with E-state index in [0.717, 1.165) is 4.31 Å². The fraction of sp³-hybridized carbons (Fsp3) is 0.167. The third-order valence-electron chi connectivity index (χ3n) is 2.66. The second-order valence-corrected chi connectivity index (χ2v) is 6.53. The van der Waals surface area contributed by atoms with E-state index in [4.69, 9.17) is 16.7 Å². The molecule has 0 fully saturated rings. The van der Waals surface area contributed by atoms with Crippen molar-refractivity contribution in [2.75, 3.05) is 10.8 Å². The molecule has 1 aromatic heterocycles. The molecule has 0 saturated heterocycles. The summed E-state index contributed by atoms with van der Waals surface area (Å²) in [6, 6.07) is 5.87. The van der Waals surface area contributed by atoms with Crippen LogP contribution in [0.25, 0.3) is 0 Å². The first kappa shape index (κ1) is 15.3. The van der Waals surface area contributed by atoms with Crippen molar-refractivity contribution < 1.29 is 18.3 Å². The third-order valence-corrected chi connectivity index (χ3v) is 4.64. The number of halogens is 1. The molecule has 2 rings (SSSR count). The lowest BCUT2D eigenvalue weighted by Crippen LogP contribution is -2.35. The predicted octanol–water partition coefficient (Wildman–Crippen LogP) is 1.35. The van der Waals surface area contributed by atoms with Gasteiger partial charge in [-0.3, -0.25) is 13.8 Å². The van der Waals surface area contributed by atoms with Crippen LogP contribution in [0.2, 0.25) is 5.02 Å². The molecule has 2 aromatic rings. The number of carbonyl (C=O) groups is 1. The van der Waals surface area contributed by atoms with Gasteiger partial charge in [-0.25, -0.2) is 8.42 Å². The molecule has 0 aliphatic heterocycles. The van der Waals surface area contributed by atoms with Crippen LogP contribution >= 0.6 is 11.6 Å². The topological polar surface area (TPSA) is 92.5 Å². The standard InChI is InChI=1S/C12H12ClN3O4S/c1-15-7-11(6-14-15)21(19,20)16(8-12(17)18)10-4-2-9(13)3-5-10/h2-7H,8H2,1H3,(H,17,18). The normalized spacial score (nSPS) is 11.3. The number of sulfonamides is 1. The van der Waals surface area contributed by atoms with E-state index in [1.54, 1.807) is 7.05 Å². The van der Waals surface area contributed by atoms with Crippen molar-refractivity contribution in [1.82, 2.24) is 9.78 Å². The summed E-state index contributed by atoms with van der Waals surface area (Å²) in [7, 11) is -2.44. The highest BCUT2D eigenvalue weighted by Gasteiger charge is 2.28. The van der Waals surface area contributed by atoms with Crippen LogP contribution in [0.15, 0.2) is 41.6 Å². The number of aliphatic carboxylic acids is 1. The van der Waals surface area contributed by atoms with E-state index in [1.165, 1.54) is 41.3 Å². The van der Waals surface area contributed by atoms with Crippen molar-refractivity contribution in [3.05, 3.63) is 41.7 Å². The van der Waals surface area contributed by atoms with Crippen LogP contribution < -0.4 is 4.31 Å². The van der Waals surface area contributed by atoms with Crippen LogP contribution in [0.4, 0.5) is 5.69 Å². The second kappa shape index (κ2) is 5.74.